The van der Waals surface area contributed by atoms with Crippen molar-refractivity contribution >= 4 is 5.69 Å². The molecular formula is C11H14N4O2. The van der Waals surface area contributed by atoms with E-state index in [9.17, 15) is 10.1 Å². The molecule has 2 aromatic rings. The molecule has 0 saturated carbocycles. The molecule has 6 nitrogen and oxygen atoms in total. The van der Waals surface area contributed by atoms with Crippen molar-refractivity contribution in [2.24, 2.45) is 0 Å². The van der Waals surface area contributed by atoms with E-state index in [1.54, 1.807) is 23.2 Å². The van der Waals surface area contributed by atoms with Gasteiger partial charge in [-0.2, -0.15) is 0 Å². The molecule has 0 aliphatic carbocycles. The normalized spacial score (nSPS) is 9.35. The summed E-state index contributed by atoms with van der Waals surface area (Å²) in [5.41, 5.74) is 0.853. The molecule has 0 amide bonds. The summed E-state index contributed by atoms with van der Waals surface area (Å²) in [7, 11) is 0. The van der Waals surface area contributed by atoms with Crippen LogP contribution in [0.15, 0.2) is 30.9 Å². The van der Waals surface area contributed by atoms with E-state index in [0.29, 0.717) is 5.82 Å². The number of aryl methyl sites for hydroxylation is 1. The average molecular weight is 234 g/mol. The van der Waals surface area contributed by atoms with Gasteiger partial charge in [-0.15, -0.1) is 0 Å². The zero-order valence-corrected chi connectivity index (χ0v) is 9.99. The predicted molar refractivity (Wildman–Crippen MR) is 64.1 cm³/mol. The molecule has 0 fully saturated rings. The predicted octanol–water partition coefficient (Wildman–Crippen LogP) is 2.51. The lowest BCUT2D eigenvalue weighted by Crippen LogP contribution is -1.95. The maximum atomic E-state index is 10.4. The summed E-state index contributed by atoms with van der Waals surface area (Å²) in [5.74, 6) is 0.612. The Morgan fingerprint density at radius 2 is 2.00 bits per heavy atom. The quantitative estimate of drug-likeness (QED) is 0.591. The summed E-state index contributed by atoms with van der Waals surface area (Å²) >= 11 is 0. The van der Waals surface area contributed by atoms with Gasteiger partial charge in [-0.05, 0) is 13.0 Å². The lowest BCUT2D eigenvalue weighted by Gasteiger charge is -1.98. The SMILES string of the molecule is CC.Cc1cn(-c2ccc([N+](=O)[O-])cn2)cn1. The molecule has 6 heteroatoms. The van der Waals surface area contributed by atoms with Gasteiger partial charge in [0.05, 0.1) is 10.6 Å². The molecule has 0 aliphatic heterocycles. The first kappa shape index (κ1) is 12.8. The molecule has 17 heavy (non-hydrogen) atoms. The standard InChI is InChI=1S/C9H8N4O2.C2H6/c1-7-5-12(6-11-7)9-3-2-8(4-10-9)13(14)15;1-2/h2-6H,1H3;1-2H3. The summed E-state index contributed by atoms with van der Waals surface area (Å²) in [6.07, 6.45) is 4.64. The molecule has 0 unspecified atom stereocenters. The van der Waals surface area contributed by atoms with Gasteiger partial charge >= 0.3 is 0 Å². The Morgan fingerprint density at radius 3 is 2.41 bits per heavy atom. The maximum Gasteiger partial charge on any atom is 0.287 e. The van der Waals surface area contributed by atoms with Gasteiger partial charge in [-0.1, -0.05) is 13.8 Å². The maximum absolute atomic E-state index is 10.4. The van der Waals surface area contributed by atoms with Crippen LogP contribution in [0.5, 0.6) is 0 Å². The Labute approximate surface area is 99.1 Å². The first-order valence-corrected chi connectivity index (χ1v) is 5.28. The summed E-state index contributed by atoms with van der Waals surface area (Å²) in [4.78, 5) is 17.9. The highest BCUT2D eigenvalue weighted by Gasteiger charge is 2.06. The summed E-state index contributed by atoms with van der Waals surface area (Å²) in [6.45, 7) is 5.86. The Kier molecular flexibility index (Phi) is 4.33. The van der Waals surface area contributed by atoms with Crippen molar-refractivity contribution < 1.29 is 4.92 Å². The highest BCUT2D eigenvalue weighted by molar-refractivity contribution is 5.33. The molecule has 0 spiro atoms. The number of hydrogen-bond donors (Lipinski definition) is 0. The molecule has 90 valence electrons. The molecule has 2 heterocycles. The van der Waals surface area contributed by atoms with Gasteiger partial charge in [-0.25, -0.2) is 9.97 Å². The van der Waals surface area contributed by atoms with Crippen LogP contribution >= 0.6 is 0 Å². The van der Waals surface area contributed by atoms with Crippen LogP contribution in [0, 0.1) is 17.0 Å². The molecule has 0 saturated heterocycles. The van der Waals surface area contributed by atoms with E-state index in [-0.39, 0.29) is 5.69 Å². The fourth-order valence-corrected chi connectivity index (χ4v) is 1.19. The van der Waals surface area contributed by atoms with Crippen LogP contribution in [-0.2, 0) is 0 Å². The summed E-state index contributed by atoms with van der Waals surface area (Å²) < 4.78 is 1.71. The Balaban J connectivity index is 0.000000686. The molecule has 2 rings (SSSR count). The largest absolute Gasteiger partial charge is 0.290 e. The summed E-state index contributed by atoms with van der Waals surface area (Å²) in [5, 5.41) is 10.4. The molecule has 0 bridgehead atoms. The van der Waals surface area contributed by atoms with Gasteiger partial charge < -0.3 is 0 Å². The third kappa shape index (κ3) is 3.10. The molecule has 0 radical (unpaired) electrons. The van der Waals surface area contributed by atoms with Crippen LogP contribution in [0.1, 0.15) is 19.5 Å². The van der Waals surface area contributed by atoms with Crippen LogP contribution in [-0.4, -0.2) is 19.5 Å². The van der Waals surface area contributed by atoms with Gasteiger partial charge in [-0.3, -0.25) is 14.7 Å². The van der Waals surface area contributed by atoms with E-state index >= 15 is 0 Å². The summed E-state index contributed by atoms with van der Waals surface area (Å²) in [6, 6.07) is 3.00. The average Bonchev–Trinajstić information content (AvgIpc) is 2.79. The van der Waals surface area contributed by atoms with Gasteiger partial charge in [0.15, 0.2) is 0 Å². The van der Waals surface area contributed by atoms with E-state index < -0.39 is 4.92 Å². The van der Waals surface area contributed by atoms with Gasteiger partial charge in [0.1, 0.15) is 18.3 Å². The highest BCUT2D eigenvalue weighted by atomic mass is 16.6. The number of hydrogen-bond acceptors (Lipinski definition) is 4. The molecule has 0 aliphatic rings. The van der Waals surface area contributed by atoms with Crippen molar-refractivity contribution in [1.82, 2.24) is 14.5 Å². The van der Waals surface area contributed by atoms with E-state index in [4.69, 9.17) is 0 Å². The van der Waals surface area contributed by atoms with E-state index in [2.05, 4.69) is 9.97 Å². The van der Waals surface area contributed by atoms with Gasteiger partial charge in [0, 0.05) is 12.3 Å². The zero-order chi connectivity index (χ0) is 12.8. The number of nitrogens with zero attached hydrogens (tertiary/aromatic N) is 4. The van der Waals surface area contributed by atoms with Crippen molar-refractivity contribution in [1.29, 1.82) is 0 Å². The zero-order valence-electron chi connectivity index (χ0n) is 9.99. The van der Waals surface area contributed by atoms with E-state index in [0.717, 1.165) is 5.69 Å². The van der Waals surface area contributed by atoms with Crippen molar-refractivity contribution in [2.45, 2.75) is 20.8 Å². The van der Waals surface area contributed by atoms with Crippen molar-refractivity contribution in [2.75, 3.05) is 0 Å². The first-order valence-electron chi connectivity index (χ1n) is 5.28. The molecular weight excluding hydrogens is 220 g/mol. The third-order valence-electron chi connectivity index (χ3n) is 1.92. The lowest BCUT2D eigenvalue weighted by molar-refractivity contribution is -0.385. The topological polar surface area (TPSA) is 73.8 Å². The second kappa shape index (κ2) is 5.74. The number of pyridine rings is 1. The van der Waals surface area contributed by atoms with Gasteiger partial charge in [0.2, 0.25) is 0 Å². The van der Waals surface area contributed by atoms with Crippen LogP contribution in [0.25, 0.3) is 5.82 Å². The minimum absolute atomic E-state index is 0.0180. The Morgan fingerprint density at radius 1 is 1.29 bits per heavy atom. The van der Waals surface area contributed by atoms with Crippen LogP contribution in [0.2, 0.25) is 0 Å². The van der Waals surface area contributed by atoms with Crippen LogP contribution in [0.4, 0.5) is 5.69 Å². The monoisotopic (exact) mass is 234 g/mol. The third-order valence-corrected chi connectivity index (χ3v) is 1.92. The molecule has 0 atom stereocenters. The molecule has 0 N–H and O–H groups in total. The van der Waals surface area contributed by atoms with E-state index in [1.807, 2.05) is 20.8 Å². The fraction of sp³-hybridized carbons (Fsp3) is 0.273. The van der Waals surface area contributed by atoms with Crippen LogP contribution in [0.3, 0.4) is 0 Å². The number of nitro groups is 1. The minimum atomic E-state index is -0.476. The first-order chi connectivity index (χ1) is 8.16. The molecule has 2 aromatic heterocycles. The van der Waals surface area contributed by atoms with Gasteiger partial charge in [0.25, 0.3) is 5.69 Å². The Hall–Kier alpha value is -2.24. The number of imidazole rings is 1. The highest BCUT2D eigenvalue weighted by Crippen LogP contribution is 2.11. The lowest BCUT2D eigenvalue weighted by atomic mass is 10.4. The van der Waals surface area contributed by atoms with Crippen molar-refractivity contribution in [3.05, 3.63) is 46.7 Å². The second-order valence-corrected chi connectivity index (χ2v) is 3.05. The van der Waals surface area contributed by atoms with Crippen LogP contribution < -0.4 is 0 Å². The van der Waals surface area contributed by atoms with Crippen molar-refractivity contribution in [3.8, 4) is 5.82 Å². The fourth-order valence-electron chi connectivity index (χ4n) is 1.19. The minimum Gasteiger partial charge on any atom is -0.290 e. The van der Waals surface area contributed by atoms with E-state index in [1.165, 1.54) is 12.3 Å². The Bertz CT molecular complexity index is 490. The number of aromatic nitrogens is 3. The smallest absolute Gasteiger partial charge is 0.287 e. The second-order valence-electron chi connectivity index (χ2n) is 3.05. The number of rotatable bonds is 2. The molecule has 0 aromatic carbocycles. The van der Waals surface area contributed by atoms with Crippen molar-refractivity contribution in [3.63, 3.8) is 0 Å².